The van der Waals surface area contributed by atoms with E-state index in [9.17, 15) is 9.59 Å². The highest BCUT2D eigenvalue weighted by atomic mass is 16.6. The van der Waals surface area contributed by atoms with Gasteiger partial charge >= 0.3 is 11.9 Å². The van der Waals surface area contributed by atoms with Gasteiger partial charge in [-0.15, -0.1) is 0 Å². The van der Waals surface area contributed by atoms with Crippen LogP contribution in [0, 0.1) is 0 Å². The fraction of sp³-hybridized carbons (Fsp3) is 0.556. The van der Waals surface area contributed by atoms with Gasteiger partial charge in [-0.1, -0.05) is 30.3 Å². The van der Waals surface area contributed by atoms with Crippen molar-refractivity contribution in [3.05, 3.63) is 35.9 Å². The molecule has 1 N–H and O–H groups in total. The third kappa shape index (κ3) is 7.79. The van der Waals surface area contributed by atoms with E-state index in [1.165, 1.54) is 7.11 Å². The fourth-order valence-corrected chi connectivity index (χ4v) is 2.17. The van der Waals surface area contributed by atoms with Gasteiger partial charge in [0.25, 0.3) is 0 Å². The zero-order valence-corrected chi connectivity index (χ0v) is 14.6. The molecule has 1 rings (SSSR count). The van der Waals surface area contributed by atoms with Gasteiger partial charge in [0.2, 0.25) is 0 Å². The predicted molar refractivity (Wildman–Crippen MR) is 89.0 cm³/mol. The average molecular weight is 321 g/mol. The van der Waals surface area contributed by atoms with Crippen LogP contribution in [0.4, 0.5) is 0 Å². The Bertz CT molecular complexity index is 508. The van der Waals surface area contributed by atoms with Crippen LogP contribution >= 0.6 is 0 Å². The maximum Gasteiger partial charge on any atom is 0.324 e. The summed E-state index contributed by atoms with van der Waals surface area (Å²) >= 11 is 0. The first-order valence-corrected chi connectivity index (χ1v) is 7.81. The Labute approximate surface area is 138 Å². The van der Waals surface area contributed by atoms with E-state index in [0.29, 0.717) is 6.42 Å². The van der Waals surface area contributed by atoms with Gasteiger partial charge in [-0.25, -0.2) is 0 Å². The molecule has 2 atom stereocenters. The minimum atomic E-state index is -0.556. The van der Waals surface area contributed by atoms with Crippen molar-refractivity contribution in [3.63, 3.8) is 0 Å². The number of hydrogen-bond donors (Lipinski definition) is 1. The van der Waals surface area contributed by atoms with Crippen LogP contribution in [0.5, 0.6) is 0 Å². The summed E-state index contributed by atoms with van der Waals surface area (Å²) in [5.41, 5.74) is 0.473. The van der Waals surface area contributed by atoms with E-state index in [-0.39, 0.29) is 24.4 Å². The van der Waals surface area contributed by atoms with Crippen LogP contribution in [0.1, 0.15) is 39.7 Å². The zero-order chi connectivity index (χ0) is 17.5. The summed E-state index contributed by atoms with van der Waals surface area (Å²) in [5, 5.41) is 3.18. The van der Waals surface area contributed by atoms with Gasteiger partial charge in [-0.05, 0) is 39.7 Å². The number of nitrogens with one attached hydrogen (secondary N) is 1. The van der Waals surface area contributed by atoms with Gasteiger partial charge in [-0.2, -0.15) is 0 Å². The lowest BCUT2D eigenvalue weighted by atomic mass is 10.0. The van der Waals surface area contributed by atoms with Crippen molar-refractivity contribution in [2.45, 2.75) is 58.2 Å². The predicted octanol–water partition coefficient (Wildman–Crippen LogP) is 2.48. The molecule has 0 aliphatic heterocycles. The Balaban J connectivity index is 2.79. The van der Waals surface area contributed by atoms with Crippen molar-refractivity contribution in [1.29, 1.82) is 0 Å². The van der Waals surface area contributed by atoms with Crippen LogP contribution in [0.15, 0.2) is 30.3 Å². The smallest absolute Gasteiger partial charge is 0.324 e. The lowest BCUT2D eigenvalue weighted by molar-refractivity contribution is -0.158. The van der Waals surface area contributed by atoms with E-state index in [2.05, 4.69) is 10.1 Å². The van der Waals surface area contributed by atoms with Crippen molar-refractivity contribution in [3.8, 4) is 0 Å². The molecule has 0 amide bonds. The topological polar surface area (TPSA) is 64.6 Å². The van der Waals surface area contributed by atoms with Crippen LogP contribution in [0.25, 0.3) is 0 Å². The second kappa shape index (κ2) is 8.67. The number of esters is 2. The first-order valence-electron chi connectivity index (χ1n) is 7.81. The van der Waals surface area contributed by atoms with Crippen molar-refractivity contribution >= 4 is 11.9 Å². The first kappa shape index (κ1) is 19.2. The Morgan fingerprint density at radius 3 is 2.30 bits per heavy atom. The molecule has 0 aliphatic rings. The van der Waals surface area contributed by atoms with E-state index >= 15 is 0 Å². The molecule has 0 bridgehead atoms. The molecule has 0 spiro atoms. The van der Waals surface area contributed by atoms with E-state index in [1.54, 1.807) is 0 Å². The molecule has 0 radical (unpaired) electrons. The molecule has 0 fully saturated rings. The first-order chi connectivity index (χ1) is 10.7. The number of hydrogen-bond acceptors (Lipinski definition) is 5. The summed E-state index contributed by atoms with van der Waals surface area (Å²) < 4.78 is 10.2. The number of ether oxygens (including phenoxy) is 2. The Morgan fingerprint density at radius 2 is 1.78 bits per heavy atom. The van der Waals surface area contributed by atoms with E-state index < -0.39 is 11.6 Å². The maximum absolute atomic E-state index is 12.5. The minimum Gasteiger partial charge on any atom is -0.469 e. The summed E-state index contributed by atoms with van der Waals surface area (Å²) in [5.74, 6) is -0.634. The Hall–Kier alpha value is -1.88. The minimum absolute atomic E-state index is 0.191. The molecule has 128 valence electrons. The quantitative estimate of drug-likeness (QED) is 0.782. The van der Waals surface area contributed by atoms with Crippen LogP contribution < -0.4 is 5.32 Å². The zero-order valence-electron chi connectivity index (χ0n) is 14.6. The Morgan fingerprint density at radius 1 is 1.17 bits per heavy atom. The molecule has 5 heteroatoms. The molecule has 5 nitrogen and oxygen atoms in total. The van der Waals surface area contributed by atoms with Crippen molar-refractivity contribution in [2.24, 2.45) is 0 Å². The van der Waals surface area contributed by atoms with E-state index in [0.717, 1.165) is 5.56 Å². The number of carbonyl (C=O) groups excluding carboxylic acids is 2. The third-order valence-electron chi connectivity index (χ3n) is 3.16. The summed E-state index contributed by atoms with van der Waals surface area (Å²) in [6.07, 6.45) is 0.700. The van der Waals surface area contributed by atoms with Crippen LogP contribution in [-0.4, -0.2) is 36.7 Å². The molecule has 0 saturated heterocycles. The molecule has 1 aromatic rings. The number of rotatable bonds is 7. The van der Waals surface area contributed by atoms with Crippen molar-refractivity contribution in [2.75, 3.05) is 7.11 Å². The highest BCUT2D eigenvalue weighted by Crippen LogP contribution is 2.12. The summed E-state index contributed by atoms with van der Waals surface area (Å²) in [7, 11) is 1.35. The lowest BCUT2D eigenvalue weighted by Crippen LogP contribution is -2.47. The summed E-state index contributed by atoms with van der Waals surface area (Å²) in [4.78, 5) is 23.8. The fourth-order valence-electron chi connectivity index (χ4n) is 2.17. The van der Waals surface area contributed by atoms with Crippen molar-refractivity contribution < 1.29 is 19.1 Å². The van der Waals surface area contributed by atoms with Gasteiger partial charge in [0, 0.05) is 6.04 Å². The molecular formula is C18H27NO4. The normalized spacial score (nSPS) is 14.0. The third-order valence-corrected chi connectivity index (χ3v) is 3.16. The van der Waals surface area contributed by atoms with E-state index in [4.69, 9.17) is 4.74 Å². The SMILES string of the molecule is COC(=O)CC(C)N[C@@H](Cc1ccccc1)C(=O)OC(C)(C)C. The van der Waals surface area contributed by atoms with Gasteiger partial charge < -0.3 is 14.8 Å². The van der Waals surface area contributed by atoms with Crippen molar-refractivity contribution in [1.82, 2.24) is 5.32 Å². The summed E-state index contributed by atoms with van der Waals surface area (Å²) in [6.45, 7) is 7.35. The van der Waals surface area contributed by atoms with Crippen LogP contribution in [0.2, 0.25) is 0 Å². The van der Waals surface area contributed by atoms with Crippen LogP contribution in [0.3, 0.4) is 0 Å². The number of methoxy groups -OCH3 is 1. The van der Waals surface area contributed by atoms with Gasteiger partial charge in [-0.3, -0.25) is 9.59 Å². The van der Waals surface area contributed by atoms with E-state index in [1.807, 2.05) is 58.0 Å². The molecule has 1 aromatic carbocycles. The average Bonchev–Trinajstić information content (AvgIpc) is 2.45. The standard InChI is InChI=1S/C18H27NO4/c1-13(11-16(20)22-5)19-15(17(21)23-18(2,3)4)12-14-9-7-6-8-10-14/h6-10,13,15,19H,11-12H2,1-5H3/t13?,15-/m0/s1. The van der Waals surface area contributed by atoms with Gasteiger partial charge in [0.05, 0.1) is 13.5 Å². The number of carbonyl (C=O) groups is 2. The van der Waals surface area contributed by atoms with Gasteiger partial charge in [0.1, 0.15) is 11.6 Å². The maximum atomic E-state index is 12.5. The molecule has 0 saturated carbocycles. The van der Waals surface area contributed by atoms with Crippen LogP contribution in [-0.2, 0) is 25.5 Å². The molecular weight excluding hydrogens is 294 g/mol. The summed E-state index contributed by atoms with van der Waals surface area (Å²) in [6, 6.07) is 9.01. The highest BCUT2D eigenvalue weighted by Gasteiger charge is 2.27. The van der Waals surface area contributed by atoms with Gasteiger partial charge in [0.15, 0.2) is 0 Å². The Kier molecular flexibility index (Phi) is 7.23. The molecule has 0 aliphatic carbocycles. The highest BCUT2D eigenvalue weighted by molar-refractivity contribution is 5.77. The second-order valence-electron chi connectivity index (χ2n) is 6.62. The number of benzene rings is 1. The largest absolute Gasteiger partial charge is 0.469 e. The monoisotopic (exact) mass is 321 g/mol. The lowest BCUT2D eigenvalue weighted by Gasteiger charge is -2.26. The molecule has 0 aromatic heterocycles. The molecule has 0 heterocycles. The second-order valence-corrected chi connectivity index (χ2v) is 6.62. The molecule has 1 unspecified atom stereocenters. The molecule has 23 heavy (non-hydrogen) atoms.